The smallest absolute Gasteiger partial charge is 0.465 e. The summed E-state index contributed by atoms with van der Waals surface area (Å²) < 4.78 is 4.71. The van der Waals surface area contributed by atoms with Gasteiger partial charge in [-0.2, -0.15) is 0 Å². The Morgan fingerprint density at radius 1 is 1.16 bits per heavy atom. The van der Waals surface area contributed by atoms with Crippen LogP contribution in [-0.2, 0) is 24.2 Å². The van der Waals surface area contributed by atoms with Crippen molar-refractivity contribution in [3.05, 3.63) is 54.1 Å². The molecule has 2 nitrogen and oxygen atoms in total. The van der Waals surface area contributed by atoms with E-state index >= 15 is 0 Å². The van der Waals surface area contributed by atoms with Crippen molar-refractivity contribution >= 4 is 30.4 Å². The van der Waals surface area contributed by atoms with Crippen LogP contribution in [0.3, 0.4) is 0 Å². The van der Waals surface area contributed by atoms with Crippen LogP contribution < -0.4 is 0 Å². The Labute approximate surface area is 135 Å². The molecule has 92 valence electrons. The molecule has 2 aromatic rings. The molecule has 0 saturated carbocycles. The Hall–Kier alpha value is -0.767. The van der Waals surface area contributed by atoms with Crippen molar-refractivity contribution in [3.63, 3.8) is 0 Å². The third-order valence-electron chi connectivity index (χ3n) is 2.35. The summed E-state index contributed by atoms with van der Waals surface area (Å²) >= 11 is 5.97. The molecule has 0 unspecified atom stereocenters. The second-order valence-electron chi connectivity index (χ2n) is 3.59. The van der Waals surface area contributed by atoms with E-state index in [1.54, 1.807) is 30.0 Å². The molecular weight excluding hydrogens is 330 g/mol. The Morgan fingerprint density at radius 2 is 1.84 bits per heavy atom. The molecule has 0 aliphatic rings. The van der Waals surface area contributed by atoms with Crippen LogP contribution in [0.1, 0.15) is 10.4 Å². The molecule has 0 atom stereocenters. The Bertz CT molecular complexity index is 559. The number of hydrogen-bond donors (Lipinski definition) is 1. The van der Waals surface area contributed by atoms with E-state index < -0.39 is 0 Å². The number of hydrogen-bond acceptors (Lipinski definition) is 4. The van der Waals surface area contributed by atoms with Crippen LogP contribution in [0.25, 0.3) is 0 Å². The number of thiol groups is 1. The summed E-state index contributed by atoms with van der Waals surface area (Å²) in [6.07, 6.45) is 0. The Morgan fingerprint density at radius 3 is 2.47 bits per heavy atom. The molecule has 2 rings (SSSR count). The van der Waals surface area contributed by atoms with Gasteiger partial charge < -0.3 is 4.74 Å². The summed E-state index contributed by atoms with van der Waals surface area (Å²) in [6, 6.07) is 15.3. The van der Waals surface area contributed by atoms with Crippen LogP contribution in [0, 0.1) is 0 Å². The predicted octanol–water partition coefficient (Wildman–Crippen LogP) is 3.91. The van der Waals surface area contributed by atoms with Crippen molar-refractivity contribution in [1.82, 2.24) is 0 Å². The number of ether oxygens (including phenoxy) is 1. The first-order valence-corrected chi connectivity index (χ1v) is 6.61. The van der Waals surface area contributed by atoms with Gasteiger partial charge in [0.15, 0.2) is 0 Å². The second-order valence-corrected chi connectivity index (χ2v) is 5.19. The van der Waals surface area contributed by atoms with Crippen molar-refractivity contribution < 1.29 is 29.0 Å². The largest absolute Gasteiger partial charge is 2.00 e. The van der Waals surface area contributed by atoms with Crippen LogP contribution in [0.4, 0.5) is 0 Å². The minimum absolute atomic E-state index is 0. The monoisotopic (exact) mass is 340 g/mol. The summed E-state index contributed by atoms with van der Waals surface area (Å²) in [4.78, 5) is 14.4. The topological polar surface area (TPSA) is 26.3 Å². The zero-order valence-electron chi connectivity index (χ0n) is 10.5. The molecule has 0 radical (unpaired) electrons. The molecule has 5 heteroatoms. The Balaban J connectivity index is 0.00000180. The van der Waals surface area contributed by atoms with Crippen molar-refractivity contribution in [2.24, 2.45) is 0 Å². The molecule has 2 aromatic carbocycles. The zero-order valence-corrected chi connectivity index (χ0v) is 15.2. The first-order valence-electron chi connectivity index (χ1n) is 5.35. The molecule has 0 saturated heterocycles. The molecule has 0 amide bonds. The summed E-state index contributed by atoms with van der Waals surface area (Å²) in [5.74, 6) is -0.335. The number of esters is 1. The van der Waals surface area contributed by atoms with E-state index in [1.165, 1.54) is 7.11 Å². The van der Waals surface area contributed by atoms with Gasteiger partial charge in [0.05, 0.1) is 12.7 Å². The zero-order chi connectivity index (χ0) is 13.0. The van der Waals surface area contributed by atoms with Crippen LogP contribution in [0.2, 0.25) is 0 Å². The van der Waals surface area contributed by atoms with E-state index in [0.717, 1.165) is 14.7 Å². The van der Waals surface area contributed by atoms with E-state index in [0.29, 0.717) is 5.56 Å². The molecule has 0 fully saturated rings. The quantitative estimate of drug-likeness (QED) is 0.521. The number of carbonyl (C=O) groups excluding carboxylic acids is 1. The summed E-state index contributed by atoms with van der Waals surface area (Å²) in [5, 5.41) is 0. The number of carbonyl (C=O) groups is 1. The van der Waals surface area contributed by atoms with Crippen molar-refractivity contribution in [2.75, 3.05) is 7.11 Å². The number of rotatable bonds is 3. The number of methoxy groups -OCH3 is 1. The average Bonchev–Trinajstić information content (AvgIpc) is 2.41. The van der Waals surface area contributed by atoms with Gasteiger partial charge in [-0.3, -0.25) is 0 Å². The molecule has 0 aliphatic heterocycles. The fourth-order valence-electron chi connectivity index (χ4n) is 1.46. The van der Waals surface area contributed by atoms with Gasteiger partial charge in [-0.15, -0.1) is 12.6 Å². The van der Waals surface area contributed by atoms with Crippen molar-refractivity contribution in [2.45, 2.75) is 14.7 Å². The normalized spacial score (nSPS) is 9.58. The molecule has 0 spiro atoms. The first-order chi connectivity index (χ1) is 8.70. The van der Waals surface area contributed by atoms with E-state index in [2.05, 4.69) is 12.6 Å². The molecule has 0 N–H and O–H groups in total. The summed E-state index contributed by atoms with van der Waals surface area (Å²) in [7, 11) is 1.38. The van der Waals surface area contributed by atoms with E-state index in [4.69, 9.17) is 4.74 Å². The van der Waals surface area contributed by atoms with Crippen LogP contribution in [0.5, 0.6) is 0 Å². The van der Waals surface area contributed by atoms with Gasteiger partial charge in [-0.25, -0.2) is 4.79 Å². The SMILES string of the molecule is COC(=O)c1ccc(S)c(Sc2ccccc2)c1.[Zn+2]. The number of benzene rings is 2. The first kappa shape index (κ1) is 16.3. The van der Waals surface area contributed by atoms with Gasteiger partial charge in [-0.1, -0.05) is 30.0 Å². The maximum absolute atomic E-state index is 11.5. The molecule has 0 aliphatic carbocycles. The minimum atomic E-state index is -0.335. The molecule has 19 heavy (non-hydrogen) atoms. The van der Waals surface area contributed by atoms with Gasteiger partial charge in [0, 0.05) is 14.7 Å². The maximum atomic E-state index is 11.5. The van der Waals surface area contributed by atoms with Crippen molar-refractivity contribution in [3.8, 4) is 0 Å². The molecular formula is C14H12O2S2Zn+2. The summed E-state index contributed by atoms with van der Waals surface area (Å²) in [5.41, 5.74) is 0.536. The minimum Gasteiger partial charge on any atom is -0.465 e. The third kappa shape index (κ3) is 4.38. The standard InChI is InChI=1S/C14H12O2S2.Zn/c1-16-14(15)10-7-8-12(17)13(9-10)18-11-5-3-2-4-6-11;/h2-9,17H,1H3;/q;+2. The van der Waals surface area contributed by atoms with E-state index in [9.17, 15) is 4.79 Å². The fourth-order valence-corrected chi connectivity index (χ4v) is 2.64. The van der Waals surface area contributed by atoms with Crippen LogP contribution >= 0.6 is 24.4 Å². The second kappa shape index (κ2) is 7.73. The van der Waals surface area contributed by atoms with E-state index in [1.807, 2.05) is 30.3 Å². The van der Waals surface area contributed by atoms with Gasteiger partial charge in [0.25, 0.3) is 0 Å². The summed E-state index contributed by atoms with van der Waals surface area (Å²) in [6.45, 7) is 0. The average molecular weight is 342 g/mol. The third-order valence-corrected chi connectivity index (χ3v) is 3.96. The fraction of sp³-hybridized carbons (Fsp3) is 0.0714. The molecule has 0 aromatic heterocycles. The van der Waals surface area contributed by atoms with Gasteiger partial charge in [-0.05, 0) is 30.3 Å². The van der Waals surface area contributed by atoms with E-state index in [-0.39, 0.29) is 25.4 Å². The predicted molar refractivity (Wildman–Crippen MR) is 75.6 cm³/mol. The van der Waals surface area contributed by atoms with Crippen molar-refractivity contribution in [1.29, 1.82) is 0 Å². The molecule has 0 bridgehead atoms. The van der Waals surface area contributed by atoms with Gasteiger partial charge >= 0.3 is 25.4 Å². The molecule has 0 heterocycles. The van der Waals surface area contributed by atoms with Crippen LogP contribution in [0.15, 0.2) is 63.2 Å². The van der Waals surface area contributed by atoms with Gasteiger partial charge in [0.2, 0.25) is 0 Å². The Kier molecular flexibility index (Phi) is 6.63. The van der Waals surface area contributed by atoms with Crippen LogP contribution in [-0.4, -0.2) is 13.1 Å². The maximum Gasteiger partial charge on any atom is 2.00 e. The van der Waals surface area contributed by atoms with Gasteiger partial charge in [0.1, 0.15) is 0 Å².